The molecular formula is C13H12N6O2. The summed E-state index contributed by atoms with van der Waals surface area (Å²) in [6, 6.07) is 3.07. The maximum absolute atomic E-state index is 12.0. The molecule has 0 aliphatic carbocycles. The number of rotatable bonds is 2. The molecule has 0 aromatic carbocycles. The van der Waals surface area contributed by atoms with Crippen LogP contribution in [0.3, 0.4) is 0 Å². The van der Waals surface area contributed by atoms with Crippen molar-refractivity contribution in [2.75, 3.05) is 11.1 Å². The monoisotopic (exact) mass is 284 g/mol. The van der Waals surface area contributed by atoms with Crippen LogP contribution in [0.2, 0.25) is 0 Å². The van der Waals surface area contributed by atoms with Gasteiger partial charge in [0.25, 0.3) is 11.5 Å². The Bertz CT molecular complexity index is 895. The largest absolute Gasteiger partial charge is 0.398 e. The number of nitrogens with one attached hydrogen (secondary N) is 2. The van der Waals surface area contributed by atoms with Gasteiger partial charge in [0.15, 0.2) is 0 Å². The van der Waals surface area contributed by atoms with Crippen molar-refractivity contribution in [2.45, 2.75) is 0 Å². The summed E-state index contributed by atoms with van der Waals surface area (Å²) in [7, 11) is 1.72. The number of fused-ring (bicyclic) bond motifs is 1. The van der Waals surface area contributed by atoms with E-state index in [9.17, 15) is 9.59 Å². The zero-order valence-electron chi connectivity index (χ0n) is 11.1. The van der Waals surface area contributed by atoms with Crippen molar-refractivity contribution in [1.29, 1.82) is 0 Å². The fraction of sp³-hybridized carbons (Fsp3) is 0.0769. The number of H-pyrrole nitrogens is 1. The third-order valence-corrected chi connectivity index (χ3v) is 2.97. The molecule has 0 spiro atoms. The topological polar surface area (TPSA) is 119 Å². The van der Waals surface area contributed by atoms with Crippen molar-refractivity contribution in [3.05, 3.63) is 46.6 Å². The minimum absolute atomic E-state index is 0.253. The molecule has 0 bridgehead atoms. The zero-order valence-corrected chi connectivity index (χ0v) is 11.1. The maximum atomic E-state index is 12.0. The minimum atomic E-state index is -0.348. The number of nitrogen functional groups attached to an aromatic ring is 1. The van der Waals surface area contributed by atoms with Crippen LogP contribution in [0.25, 0.3) is 10.9 Å². The summed E-state index contributed by atoms with van der Waals surface area (Å²) < 4.78 is 1.52. The highest BCUT2D eigenvalue weighted by atomic mass is 16.1. The molecule has 0 fully saturated rings. The zero-order chi connectivity index (χ0) is 15.0. The highest BCUT2D eigenvalue weighted by Crippen LogP contribution is 2.19. The number of amides is 1. The first-order valence-corrected chi connectivity index (χ1v) is 6.12. The van der Waals surface area contributed by atoms with Crippen molar-refractivity contribution in [2.24, 2.45) is 7.05 Å². The Labute approximate surface area is 118 Å². The van der Waals surface area contributed by atoms with Crippen LogP contribution in [0.15, 0.2) is 35.5 Å². The normalized spacial score (nSPS) is 10.7. The van der Waals surface area contributed by atoms with E-state index in [1.807, 2.05) is 0 Å². The highest BCUT2D eigenvalue weighted by Gasteiger charge is 2.11. The molecule has 106 valence electrons. The molecular weight excluding hydrogens is 272 g/mol. The number of nitrogens with zero attached hydrogens (tertiary/aromatic N) is 3. The third-order valence-electron chi connectivity index (χ3n) is 2.97. The first-order chi connectivity index (χ1) is 10.0. The number of hydrogen-bond donors (Lipinski definition) is 3. The Balaban J connectivity index is 1.98. The second kappa shape index (κ2) is 4.75. The van der Waals surface area contributed by atoms with Gasteiger partial charge < -0.3 is 16.0 Å². The van der Waals surface area contributed by atoms with Crippen molar-refractivity contribution in [1.82, 2.24) is 19.7 Å². The quantitative estimate of drug-likeness (QED) is 0.633. The molecule has 0 radical (unpaired) electrons. The number of hydrogen-bond acceptors (Lipinski definition) is 5. The molecule has 0 saturated heterocycles. The smallest absolute Gasteiger partial charge is 0.260 e. The molecule has 8 nitrogen and oxygen atoms in total. The maximum Gasteiger partial charge on any atom is 0.260 e. The van der Waals surface area contributed by atoms with Crippen molar-refractivity contribution < 1.29 is 4.79 Å². The lowest BCUT2D eigenvalue weighted by Crippen LogP contribution is -2.14. The Morgan fingerprint density at radius 1 is 1.48 bits per heavy atom. The van der Waals surface area contributed by atoms with Gasteiger partial charge in [0.05, 0.1) is 28.4 Å². The first kappa shape index (κ1) is 12.9. The molecule has 8 heteroatoms. The van der Waals surface area contributed by atoms with E-state index in [-0.39, 0.29) is 23.0 Å². The molecule has 3 aromatic rings. The summed E-state index contributed by atoms with van der Waals surface area (Å²) >= 11 is 0. The fourth-order valence-electron chi connectivity index (χ4n) is 2.01. The first-order valence-electron chi connectivity index (χ1n) is 6.12. The third kappa shape index (κ3) is 2.34. The van der Waals surface area contributed by atoms with Crippen LogP contribution in [-0.4, -0.2) is 25.7 Å². The number of pyridine rings is 2. The van der Waals surface area contributed by atoms with Gasteiger partial charge in [-0.15, -0.1) is 0 Å². The Morgan fingerprint density at radius 2 is 2.29 bits per heavy atom. The van der Waals surface area contributed by atoms with Crippen LogP contribution < -0.4 is 16.6 Å². The number of aromatic nitrogens is 4. The number of nitrogens with two attached hydrogens (primary N) is 1. The molecule has 3 rings (SSSR count). The Kier molecular flexibility index (Phi) is 2.90. The van der Waals surface area contributed by atoms with Gasteiger partial charge in [0.2, 0.25) is 0 Å². The van der Waals surface area contributed by atoms with E-state index in [1.165, 1.54) is 23.1 Å². The number of anilines is 2. The van der Waals surface area contributed by atoms with Gasteiger partial charge in [-0.3, -0.25) is 14.3 Å². The van der Waals surface area contributed by atoms with Crippen LogP contribution in [0, 0.1) is 0 Å². The predicted molar refractivity (Wildman–Crippen MR) is 77.9 cm³/mol. The highest BCUT2D eigenvalue weighted by molar-refractivity contribution is 6.04. The molecule has 0 aliphatic heterocycles. The van der Waals surface area contributed by atoms with Crippen molar-refractivity contribution in [3.8, 4) is 0 Å². The molecule has 0 aliphatic rings. The Morgan fingerprint density at radius 3 is 3.00 bits per heavy atom. The summed E-state index contributed by atoms with van der Waals surface area (Å²) in [4.78, 5) is 30.5. The van der Waals surface area contributed by atoms with Gasteiger partial charge in [-0.2, -0.15) is 5.10 Å². The molecule has 0 atom stereocenters. The number of aryl methyl sites for hydroxylation is 1. The van der Waals surface area contributed by atoms with E-state index in [1.54, 1.807) is 19.3 Å². The summed E-state index contributed by atoms with van der Waals surface area (Å²) in [5.41, 5.74) is 6.61. The lowest BCUT2D eigenvalue weighted by atomic mass is 10.2. The summed E-state index contributed by atoms with van der Waals surface area (Å²) in [5, 5.41) is 6.85. The van der Waals surface area contributed by atoms with E-state index in [0.29, 0.717) is 16.5 Å². The van der Waals surface area contributed by atoms with E-state index in [0.717, 1.165) is 0 Å². The second-order valence-corrected chi connectivity index (χ2v) is 4.52. The van der Waals surface area contributed by atoms with Gasteiger partial charge in [-0.05, 0) is 6.07 Å². The van der Waals surface area contributed by atoms with E-state index in [2.05, 4.69) is 20.4 Å². The van der Waals surface area contributed by atoms with Gasteiger partial charge in [-0.1, -0.05) is 0 Å². The van der Waals surface area contributed by atoms with Gasteiger partial charge >= 0.3 is 0 Å². The Hall–Kier alpha value is -3.16. The van der Waals surface area contributed by atoms with E-state index in [4.69, 9.17) is 5.73 Å². The SMILES string of the molecule is Cn1cc(C(=O)Nc2cc(N)c3c(=O)[nH]ccc3n2)cn1. The standard InChI is InChI=1S/C13H12N6O2/c1-19-6-7(5-16-19)12(20)18-10-4-8(14)11-9(17-10)2-3-15-13(11)21/h2-6H,1H3,(H,15,21)(H3,14,17,18,20). The molecule has 3 heterocycles. The van der Waals surface area contributed by atoms with Gasteiger partial charge in [0.1, 0.15) is 5.82 Å². The summed E-state index contributed by atoms with van der Waals surface area (Å²) in [6.07, 6.45) is 4.51. The minimum Gasteiger partial charge on any atom is -0.398 e. The molecule has 3 aromatic heterocycles. The molecule has 4 N–H and O–H groups in total. The summed E-state index contributed by atoms with van der Waals surface area (Å²) in [6.45, 7) is 0. The average Bonchev–Trinajstić information content (AvgIpc) is 2.85. The lowest BCUT2D eigenvalue weighted by molar-refractivity contribution is 0.102. The van der Waals surface area contributed by atoms with Crippen LogP contribution in [0.4, 0.5) is 11.5 Å². The summed E-state index contributed by atoms with van der Waals surface area (Å²) in [5.74, 6) is -0.0707. The average molecular weight is 284 g/mol. The molecule has 0 saturated carbocycles. The van der Waals surface area contributed by atoms with Crippen molar-refractivity contribution >= 4 is 28.3 Å². The van der Waals surface area contributed by atoms with E-state index >= 15 is 0 Å². The predicted octanol–water partition coefficient (Wildman–Crippen LogP) is 0.491. The van der Waals surface area contributed by atoms with E-state index < -0.39 is 0 Å². The molecule has 0 unspecified atom stereocenters. The lowest BCUT2D eigenvalue weighted by Gasteiger charge is -2.06. The van der Waals surface area contributed by atoms with Gasteiger partial charge in [0, 0.05) is 25.5 Å². The molecule has 1 amide bonds. The number of carbonyl (C=O) groups is 1. The van der Waals surface area contributed by atoms with Crippen molar-refractivity contribution in [3.63, 3.8) is 0 Å². The van der Waals surface area contributed by atoms with Gasteiger partial charge in [-0.25, -0.2) is 4.98 Å². The fourth-order valence-corrected chi connectivity index (χ4v) is 2.01. The van der Waals surface area contributed by atoms with Crippen LogP contribution >= 0.6 is 0 Å². The number of carbonyl (C=O) groups excluding carboxylic acids is 1. The van der Waals surface area contributed by atoms with Crippen LogP contribution in [-0.2, 0) is 7.05 Å². The van der Waals surface area contributed by atoms with Crippen LogP contribution in [0.1, 0.15) is 10.4 Å². The molecule has 21 heavy (non-hydrogen) atoms. The van der Waals surface area contributed by atoms with Crippen LogP contribution in [0.5, 0.6) is 0 Å². The second-order valence-electron chi connectivity index (χ2n) is 4.52. The number of aromatic amines is 1.